The number of carbonyl (C=O) groups excluding carboxylic acids is 1. The Bertz CT molecular complexity index is 837. The van der Waals surface area contributed by atoms with E-state index in [9.17, 15) is 14.3 Å². The maximum absolute atomic E-state index is 12.7. The Labute approximate surface area is 329 Å². The van der Waals surface area contributed by atoms with Gasteiger partial charge in [0.25, 0.3) is 0 Å². The largest absolute Gasteiger partial charge is 0.472 e. The highest BCUT2D eigenvalue weighted by atomic mass is 31.2. The Hall–Kier alpha value is -0.500. The van der Waals surface area contributed by atoms with Crippen LogP contribution in [0.15, 0.2) is 0 Å². The second-order valence-electron chi connectivity index (χ2n) is 17.1. The second-order valence-corrected chi connectivity index (χ2v) is 18.5. The molecule has 0 spiro atoms. The lowest BCUT2D eigenvalue weighted by Crippen LogP contribution is -2.37. The first-order valence-corrected chi connectivity index (χ1v) is 24.2. The summed E-state index contributed by atoms with van der Waals surface area (Å²) in [6, 6.07) is 0. The molecule has 0 aliphatic carbocycles. The van der Waals surface area contributed by atoms with Crippen LogP contribution in [0, 0.1) is 5.92 Å². The van der Waals surface area contributed by atoms with E-state index in [0.29, 0.717) is 30.0 Å². The molecule has 1 N–H and O–H groups in total. The molecule has 8 nitrogen and oxygen atoms in total. The zero-order valence-electron chi connectivity index (χ0n) is 36.2. The van der Waals surface area contributed by atoms with Crippen LogP contribution < -0.4 is 0 Å². The van der Waals surface area contributed by atoms with Crippen molar-refractivity contribution < 1.29 is 37.3 Å². The molecule has 0 aliphatic heterocycles. The average Bonchev–Trinajstić information content (AvgIpc) is 3.10. The van der Waals surface area contributed by atoms with Gasteiger partial charge in [0.05, 0.1) is 34.4 Å². The van der Waals surface area contributed by atoms with Crippen molar-refractivity contribution in [1.82, 2.24) is 0 Å². The number of hydrogen-bond acceptors (Lipinski definition) is 6. The number of phosphoric acid groups is 1. The molecule has 0 aromatic carbocycles. The number of likely N-dealkylation sites (N-methyl/N-ethyl adjacent to an activating group) is 1. The number of phosphoric ester groups is 1. The van der Waals surface area contributed by atoms with Gasteiger partial charge in [0, 0.05) is 13.0 Å². The third kappa shape index (κ3) is 41.0. The van der Waals surface area contributed by atoms with Gasteiger partial charge in [-0.2, -0.15) is 0 Å². The highest BCUT2D eigenvalue weighted by molar-refractivity contribution is 7.47. The summed E-state index contributed by atoms with van der Waals surface area (Å²) in [4.78, 5) is 23.0. The van der Waals surface area contributed by atoms with Gasteiger partial charge < -0.3 is 18.9 Å². The Morgan fingerprint density at radius 3 is 1.42 bits per heavy atom. The standard InChI is InChI=1S/C44H90NO7P/c1-7-9-11-13-15-17-19-21-22-23-25-27-29-31-33-35-44(46)52-43(41-51-53(47,48)50-39-37-45(4,5)6)40-49-38-36-42(3)34-32-30-28-26-24-20-18-16-14-12-10-8-2/h42-43H,7-41H2,1-6H3/p+1/t42?,43-/m1/s1. The number of hydrogen-bond donors (Lipinski definition) is 1. The molecule has 0 bridgehead atoms. The van der Waals surface area contributed by atoms with E-state index < -0.39 is 13.9 Å². The summed E-state index contributed by atoms with van der Waals surface area (Å²) in [6.07, 6.45) is 37.1. The van der Waals surface area contributed by atoms with E-state index in [-0.39, 0.29) is 25.8 Å². The fourth-order valence-electron chi connectivity index (χ4n) is 6.62. The molecule has 0 heterocycles. The number of quaternary nitrogens is 1. The van der Waals surface area contributed by atoms with Gasteiger partial charge in [-0.05, 0) is 18.8 Å². The van der Waals surface area contributed by atoms with E-state index in [1.54, 1.807) is 0 Å². The molecule has 0 aromatic rings. The molecule has 318 valence electrons. The van der Waals surface area contributed by atoms with Gasteiger partial charge in [-0.1, -0.05) is 194 Å². The zero-order chi connectivity index (χ0) is 39.3. The molecule has 2 unspecified atom stereocenters. The van der Waals surface area contributed by atoms with Crippen LogP contribution in [0.4, 0.5) is 0 Å². The van der Waals surface area contributed by atoms with Crippen molar-refractivity contribution in [3.05, 3.63) is 0 Å². The summed E-state index contributed by atoms with van der Waals surface area (Å²) in [5.41, 5.74) is 0. The number of ether oxygens (including phenoxy) is 2. The molecule has 3 atom stereocenters. The van der Waals surface area contributed by atoms with Gasteiger partial charge in [0.2, 0.25) is 0 Å². The lowest BCUT2D eigenvalue weighted by molar-refractivity contribution is -0.870. The molecular weight excluding hydrogens is 685 g/mol. The molecular formula is C44H91NO7P+. The minimum absolute atomic E-state index is 0.0918. The SMILES string of the molecule is CCCCCCCCCCCCCCCCCC(=O)O[C@H](COCCC(C)CCCCCCCCCCCCCC)COP(=O)(O)OCC[N+](C)(C)C. The fourth-order valence-corrected chi connectivity index (χ4v) is 7.37. The first-order valence-electron chi connectivity index (χ1n) is 22.7. The van der Waals surface area contributed by atoms with Crippen molar-refractivity contribution >= 4 is 13.8 Å². The number of unbranched alkanes of at least 4 members (excludes halogenated alkanes) is 25. The molecule has 0 aliphatic rings. The molecule has 53 heavy (non-hydrogen) atoms. The number of carbonyl (C=O) groups is 1. The van der Waals surface area contributed by atoms with Gasteiger partial charge in [-0.15, -0.1) is 0 Å². The molecule has 9 heteroatoms. The van der Waals surface area contributed by atoms with Crippen LogP contribution in [0.1, 0.15) is 213 Å². The lowest BCUT2D eigenvalue weighted by atomic mass is 9.99. The first-order chi connectivity index (χ1) is 25.5. The zero-order valence-corrected chi connectivity index (χ0v) is 37.1. The van der Waals surface area contributed by atoms with Gasteiger partial charge >= 0.3 is 13.8 Å². The minimum Gasteiger partial charge on any atom is -0.457 e. The van der Waals surface area contributed by atoms with Gasteiger partial charge in [0.1, 0.15) is 19.3 Å². The summed E-state index contributed by atoms with van der Waals surface area (Å²) in [5, 5.41) is 0. The van der Waals surface area contributed by atoms with E-state index in [1.807, 2.05) is 21.1 Å². The monoisotopic (exact) mass is 777 g/mol. The van der Waals surface area contributed by atoms with E-state index in [4.69, 9.17) is 18.5 Å². The van der Waals surface area contributed by atoms with Crippen LogP contribution in [-0.2, 0) is 27.9 Å². The predicted molar refractivity (Wildman–Crippen MR) is 224 cm³/mol. The number of rotatable bonds is 42. The van der Waals surface area contributed by atoms with Gasteiger partial charge in [-0.25, -0.2) is 4.57 Å². The maximum atomic E-state index is 12.7. The topological polar surface area (TPSA) is 91.3 Å². The van der Waals surface area contributed by atoms with Crippen molar-refractivity contribution in [3.63, 3.8) is 0 Å². The Kier molecular flexibility index (Phi) is 36.7. The Morgan fingerprint density at radius 1 is 0.566 bits per heavy atom. The van der Waals surface area contributed by atoms with Crippen LogP contribution in [0.2, 0.25) is 0 Å². The molecule has 0 radical (unpaired) electrons. The maximum Gasteiger partial charge on any atom is 0.472 e. The van der Waals surface area contributed by atoms with Crippen LogP contribution >= 0.6 is 7.82 Å². The smallest absolute Gasteiger partial charge is 0.457 e. The van der Waals surface area contributed by atoms with E-state index in [0.717, 1.165) is 25.7 Å². The molecule has 0 rings (SSSR count). The van der Waals surface area contributed by atoms with Crippen molar-refractivity contribution in [1.29, 1.82) is 0 Å². The summed E-state index contributed by atoms with van der Waals surface area (Å²) in [6.45, 7) is 7.93. The average molecular weight is 777 g/mol. The summed E-state index contributed by atoms with van der Waals surface area (Å²) >= 11 is 0. The van der Waals surface area contributed by atoms with Crippen LogP contribution in [0.5, 0.6) is 0 Å². The molecule has 0 fully saturated rings. The molecule has 0 amide bonds. The van der Waals surface area contributed by atoms with Crippen molar-refractivity contribution in [3.8, 4) is 0 Å². The molecule has 0 aromatic heterocycles. The number of esters is 1. The van der Waals surface area contributed by atoms with Crippen molar-refractivity contribution in [2.45, 2.75) is 219 Å². The Morgan fingerprint density at radius 2 is 0.981 bits per heavy atom. The minimum atomic E-state index is -4.27. The highest BCUT2D eigenvalue weighted by Crippen LogP contribution is 2.43. The van der Waals surface area contributed by atoms with E-state index in [1.165, 1.54) is 161 Å². The lowest BCUT2D eigenvalue weighted by Gasteiger charge is -2.24. The van der Waals surface area contributed by atoms with Crippen LogP contribution in [0.3, 0.4) is 0 Å². The quantitative estimate of drug-likeness (QED) is 0.0286. The van der Waals surface area contributed by atoms with E-state index >= 15 is 0 Å². The third-order valence-electron chi connectivity index (χ3n) is 10.3. The van der Waals surface area contributed by atoms with Crippen LogP contribution in [-0.4, -0.2) is 75.6 Å². The normalized spacial score (nSPS) is 14.3. The molecule has 0 saturated heterocycles. The second kappa shape index (κ2) is 37.1. The highest BCUT2D eigenvalue weighted by Gasteiger charge is 2.26. The molecule has 0 saturated carbocycles. The fraction of sp³-hybridized carbons (Fsp3) is 0.977. The van der Waals surface area contributed by atoms with Gasteiger partial charge in [0.15, 0.2) is 0 Å². The summed E-state index contributed by atoms with van der Waals surface area (Å²) < 4.78 is 35.2. The van der Waals surface area contributed by atoms with E-state index in [2.05, 4.69) is 20.8 Å². The summed E-state index contributed by atoms with van der Waals surface area (Å²) in [5.74, 6) is 0.253. The van der Waals surface area contributed by atoms with Crippen molar-refractivity contribution in [2.24, 2.45) is 5.92 Å². The van der Waals surface area contributed by atoms with Crippen molar-refractivity contribution in [2.75, 3.05) is 54.1 Å². The Balaban J connectivity index is 4.29. The first kappa shape index (κ1) is 52.5. The summed E-state index contributed by atoms with van der Waals surface area (Å²) in [7, 11) is 1.68. The third-order valence-corrected chi connectivity index (χ3v) is 11.3. The van der Waals surface area contributed by atoms with Crippen LogP contribution in [0.25, 0.3) is 0 Å². The number of nitrogens with zero attached hydrogens (tertiary/aromatic N) is 1. The predicted octanol–water partition coefficient (Wildman–Crippen LogP) is 13.1. The van der Waals surface area contributed by atoms with Gasteiger partial charge in [-0.3, -0.25) is 13.8 Å².